The summed E-state index contributed by atoms with van der Waals surface area (Å²) in [6.07, 6.45) is 0. The lowest BCUT2D eigenvalue weighted by atomic mass is 10.2. The van der Waals surface area contributed by atoms with E-state index in [1.807, 2.05) is 32.0 Å². The van der Waals surface area contributed by atoms with Gasteiger partial charge in [-0.05, 0) is 37.6 Å². The molecule has 1 aromatic carbocycles. The highest BCUT2D eigenvalue weighted by atomic mass is 32.2. The maximum atomic E-state index is 5.69. The molecular weight excluding hydrogens is 222 g/mol. The van der Waals surface area contributed by atoms with Crippen molar-refractivity contribution in [2.24, 2.45) is 0 Å². The van der Waals surface area contributed by atoms with Crippen LogP contribution in [0.5, 0.6) is 0 Å². The van der Waals surface area contributed by atoms with Crippen molar-refractivity contribution in [3.63, 3.8) is 0 Å². The monoisotopic (exact) mass is 235 g/mol. The molecule has 16 heavy (non-hydrogen) atoms. The number of aryl methyl sites for hydroxylation is 2. The predicted octanol–water partition coefficient (Wildman–Crippen LogP) is 2.56. The number of aromatic nitrogens is 2. The molecule has 0 atom stereocenters. The molecule has 84 valence electrons. The normalized spacial score (nSPS) is 10.6. The second-order valence-electron chi connectivity index (χ2n) is 3.55. The lowest BCUT2D eigenvalue weighted by Gasteiger charge is -2.04. The van der Waals surface area contributed by atoms with E-state index in [2.05, 4.69) is 10.1 Å². The van der Waals surface area contributed by atoms with E-state index in [0.29, 0.717) is 17.5 Å². The van der Waals surface area contributed by atoms with Gasteiger partial charge in [-0.25, -0.2) is 0 Å². The molecule has 0 bridgehead atoms. The van der Waals surface area contributed by atoms with E-state index in [1.54, 1.807) is 11.8 Å². The molecule has 1 aromatic heterocycles. The number of nitrogens with zero attached hydrogens (tertiary/aromatic N) is 2. The second kappa shape index (κ2) is 4.57. The zero-order valence-electron chi connectivity index (χ0n) is 9.23. The van der Waals surface area contributed by atoms with E-state index in [-0.39, 0.29) is 0 Å². The Bertz CT molecular complexity index is 496. The van der Waals surface area contributed by atoms with Gasteiger partial charge < -0.3 is 10.3 Å². The van der Waals surface area contributed by atoms with Crippen LogP contribution in [0.25, 0.3) is 0 Å². The molecule has 2 rings (SSSR count). The number of nitrogen functional groups attached to an aromatic ring is 1. The average Bonchev–Trinajstić information content (AvgIpc) is 2.63. The molecule has 0 spiro atoms. The van der Waals surface area contributed by atoms with Crippen molar-refractivity contribution >= 4 is 17.4 Å². The first-order chi connectivity index (χ1) is 7.65. The van der Waals surface area contributed by atoms with Crippen molar-refractivity contribution in [3.05, 3.63) is 35.5 Å². The van der Waals surface area contributed by atoms with E-state index >= 15 is 0 Å². The molecule has 0 aliphatic heterocycles. The number of anilines is 1. The lowest BCUT2D eigenvalue weighted by Crippen LogP contribution is -1.88. The first-order valence-corrected chi connectivity index (χ1v) is 5.92. The smallest absolute Gasteiger partial charge is 0.236 e. The summed E-state index contributed by atoms with van der Waals surface area (Å²) in [5.74, 6) is 2.01. The molecule has 0 unspecified atom stereocenters. The minimum absolute atomic E-state index is 0.652. The lowest BCUT2D eigenvalue weighted by molar-refractivity contribution is 0.387. The van der Waals surface area contributed by atoms with E-state index in [0.717, 1.165) is 5.69 Å². The van der Waals surface area contributed by atoms with Crippen LogP contribution in [-0.2, 0) is 5.75 Å². The summed E-state index contributed by atoms with van der Waals surface area (Å²) in [6.45, 7) is 3.85. The standard InChI is InChI=1S/C11H13N3OS/c1-7-5-9(12)3-4-10(7)16-6-11-13-8(2)14-15-11/h3-5H,6,12H2,1-2H3. The van der Waals surface area contributed by atoms with E-state index < -0.39 is 0 Å². The van der Waals surface area contributed by atoms with Crippen molar-refractivity contribution in [1.82, 2.24) is 10.1 Å². The van der Waals surface area contributed by atoms with Gasteiger partial charge in [0.25, 0.3) is 0 Å². The van der Waals surface area contributed by atoms with Gasteiger partial charge >= 0.3 is 0 Å². The van der Waals surface area contributed by atoms with Gasteiger partial charge in [-0.1, -0.05) is 5.16 Å². The van der Waals surface area contributed by atoms with Gasteiger partial charge in [0.05, 0.1) is 5.75 Å². The van der Waals surface area contributed by atoms with Crippen LogP contribution >= 0.6 is 11.8 Å². The number of nitrogens with two attached hydrogens (primary N) is 1. The number of hydrogen-bond donors (Lipinski definition) is 1. The Hall–Kier alpha value is -1.49. The average molecular weight is 235 g/mol. The van der Waals surface area contributed by atoms with Crippen LogP contribution in [0.4, 0.5) is 5.69 Å². The summed E-state index contributed by atoms with van der Waals surface area (Å²) >= 11 is 1.67. The minimum atomic E-state index is 0.652. The van der Waals surface area contributed by atoms with Gasteiger partial charge in [-0.2, -0.15) is 4.98 Å². The van der Waals surface area contributed by atoms with E-state index in [4.69, 9.17) is 10.3 Å². The number of benzene rings is 1. The zero-order valence-corrected chi connectivity index (χ0v) is 10.0. The van der Waals surface area contributed by atoms with Crippen molar-refractivity contribution in [1.29, 1.82) is 0 Å². The third kappa shape index (κ3) is 2.55. The van der Waals surface area contributed by atoms with Crippen molar-refractivity contribution < 1.29 is 4.52 Å². The topological polar surface area (TPSA) is 64.9 Å². The Balaban J connectivity index is 2.04. The fourth-order valence-corrected chi connectivity index (χ4v) is 2.22. The number of thioether (sulfide) groups is 1. The summed E-state index contributed by atoms with van der Waals surface area (Å²) in [4.78, 5) is 5.33. The molecule has 1 heterocycles. The van der Waals surface area contributed by atoms with Gasteiger partial charge in [0.2, 0.25) is 5.89 Å². The van der Waals surface area contributed by atoms with Gasteiger partial charge in [-0.15, -0.1) is 11.8 Å². The zero-order chi connectivity index (χ0) is 11.5. The van der Waals surface area contributed by atoms with Crippen molar-refractivity contribution in [2.45, 2.75) is 24.5 Å². The van der Waals surface area contributed by atoms with Crippen LogP contribution in [-0.4, -0.2) is 10.1 Å². The summed E-state index contributed by atoms with van der Waals surface area (Å²) in [5, 5.41) is 3.75. The van der Waals surface area contributed by atoms with Gasteiger partial charge in [0.15, 0.2) is 5.82 Å². The van der Waals surface area contributed by atoms with Crippen LogP contribution in [0.3, 0.4) is 0 Å². The highest BCUT2D eigenvalue weighted by Crippen LogP contribution is 2.26. The van der Waals surface area contributed by atoms with Gasteiger partial charge in [0, 0.05) is 10.6 Å². The molecule has 0 saturated heterocycles. The summed E-state index contributed by atoms with van der Waals surface area (Å²) in [5.41, 5.74) is 7.64. The number of rotatable bonds is 3. The highest BCUT2D eigenvalue weighted by molar-refractivity contribution is 7.98. The quantitative estimate of drug-likeness (QED) is 0.654. The van der Waals surface area contributed by atoms with Crippen molar-refractivity contribution in [2.75, 3.05) is 5.73 Å². The van der Waals surface area contributed by atoms with Crippen LogP contribution in [0.2, 0.25) is 0 Å². The molecule has 4 nitrogen and oxygen atoms in total. The summed E-state index contributed by atoms with van der Waals surface area (Å²) in [7, 11) is 0. The molecule has 0 aliphatic rings. The van der Waals surface area contributed by atoms with Crippen LogP contribution < -0.4 is 5.73 Å². The third-order valence-electron chi connectivity index (χ3n) is 2.12. The van der Waals surface area contributed by atoms with E-state index in [9.17, 15) is 0 Å². The minimum Gasteiger partial charge on any atom is -0.399 e. The van der Waals surface area contributed by atoms with E-state index in [1.165, 1.54) is 10.5 Å². The largest absolute Gasteiger partial charge is 0.399 e. The molecule has 0 radical (unpaired) electrons. The SMILES string of the molecule is Cc1noc(CSc2ccc(N)cc2C)n1. The fourth-order valence-electron chi connectivity index (χ4n) is 1.37. The maximum absolute atomic E-state index is 5.69. The van der Waals surface area contributed by atoms with Crippen LogP contribution in [0.1, 0.15) is 17.3 Å². The second-order valence-corrected chi connectivity index (χ2v) is 4.57. The first-order valence-electron chi connectivity index (χ1n) is 4.93. The molecule has 0 aliphatic carbocycles. The molecule has 0 amide bonds. The number of hydrogen-bond acceptors (Lipinski definition) is 5. The summed E-state index contributed by atoms with van der Waals surface area (Å²) in [6, 6.07) is 5.87. The third-order valence-corrected chi connectivity index (χ3v) is 3.28. The Morgan fingerprint density at radius 1 is 1.38 bits per heavy atom. The Kier molecular flexibility index (Phi) is 3.14. The Morgan fingerprint density at radius 2 is 2.19 bits per heavy atom. The maximum Gasteiger partial charge on any atom is 0.236 e. The Labute approximate surface area is 98.2 Å². The molecule has 0 fully saturated rings. The first kappa shape index (κ1) is 11.0. The molecule has 2 N–H and O–H groups in total. The Morgan fingerprint density at radius 3 is 2.81 bits per heavy atom. The van der Waals surface area contributed by atoms with Crippen LogP contribution in [0, 0.1) is 13.8 Å². The highest BCUT2D eigenvalue weighted by Gasteiger charge is 2.05. The van der Waals surface area contributed by atoms with Gasteiger partial charge in [0.1, 0.15) is 0 Å². The van der Waals surface area contributed by atoms with Crippen LogP contribution in [0.15, 0.2) is 27.6 Å². The summed E-state index contributed by atoms with van der Waals surface area (Å²) < 4.78 is 5.04. The predicted molar refractivity (Wildman–Crippen MR) is 64.2 cm³/mol. The van der Waals surface area contributed by atoms with Crippen molar-refractivity contribution in [3.8, 4) is 0 Å². The molecule has 5 heteroatoms. The van der Waals surface area contributed by atoms with Gasteiger partial charge in [-0.3, -0.25) is 0 Å². The fraction of sp³-hybridized carbons (Fsp3) is 0.273. The molecule has 2 aromatic rings. The molecular formula is C11H13N3OS. The molecule has 0 saturated carbocycles.